The molecule has 0 saturated carbocycles. The highest BCUT2D eigenvalue weighted by molar-refractivity contribution is 5.22. The molecule has 0 rings (SSSR count). The summed E-state index contributed by atoms with van der Waals surface area (Å²) in [7, 11) is 0. The number of allylic oxidation sites excluding steroid dienone is 3. The first-order valence-electron chi connectivity index (χ1n) is 5.69. The second kappa shape index (κ2) is 11.8. The Morgan fingerprint density at radius 3 is 2.44 bits per heavy atom. The molecule has 0 saturated heterocycles. The van der Waals surface area contributed by atoms with Crippen LogP contribution in [0.15, 0.2) is 36.3 Å². The van der Waals surface area contributed by atoms with Crippen LogP contribution in [0.5, 0.6) is 0 Å². The lowest BCUT2D eigenvalue weighted by Gasteiger charge is -2.07. The van der Waals surface area contributed by atoms with E-state index in [2.05, 4.69) is 13.5 Å². The minimum absolute atomic E-state index is 0.349. The number of unbranched alkanes of at least 4 members (excludes halogenated alkanes) is 1. The number of alkyl halides is 1. The molecule has 0 aliphatic rings. The van der Waals surface area contributed by atoms with Gasteiger partial charge in [-0.15, -0.1) is 0 Å². The average molecular weight is 229 g/mol. The van der Waals surface area contributed by atoms with E-state index < -0.39 is 6.36 Å². The number of hydrogen-bond acceptors (Lipinski definition) is 2. The summed E-state index contributed by atoms with van der Waals surface area (Å²) in [5.74, 6) is 0.404. The van der Waals surface area contributed by atoms with Crippen molar-refractivity contribution < 1.29 is 9.13 Å². The molecule has 0 fully saturated rings. The van der Waals surface area contributed by atoms with Gasteiger partial charge in [-0.3, -0.25) is 0 Å². The molecule has 0 aromatic heterocycles. The highest BCUT2D eigenvalue weighted by Gasteiger charge is 1.99. The van der Waals surface area contributed by atoms with Crippen molar-refractivity contribution in [2.24, 2.45) is 5.73 Å². The molecule has 0 amide bonds. The van der Waals surface area contributed by atoms with Gasteiger partial charge in [-0.25, -0.2) is 4.39 Å². The molecule has 3 heteroatoms. The van der Waals surface area contributed by atoms with Crippen molar-refractivity contribution in [2.45, 2.75) is 46.9 Å². The lowest BCUT2D eigenvalue weighted by molar-refractivity contribution is 0.0283. The maximum absolute atomic E-state index is 12.5. The van der Waals surface area contributed by atoms with Gasteiger partial charge in [0.05, 0.1) is 0 Å². The molecule has 0 aliphatic carbocycles. The quantitative estimate of drug-likeness (QED) is 0.550. The van der Waals surface area contributed by atoms with Gasteiger partial charge >= 0.3 is 0 Å². The topological polar surface area (TPSA) is 35.2 Å². The maximum Gasteiger partial charge on any atom is 0.235 e. The van der Waals surface area contributed by atoms with Crippen LogP contribution >= 0.6 is 0 Å². The van der Waals surface area contributed by atoms with Gasteiger partial charge in [0.1, 0.15) is 5.76 Å². The van der Waals surface area contributed by atoms with E-state index in [9.17, 15) is 4.39 Å². The third kappa shape index (κ3) is 12.8. The van der Waals surface area contributed by atoms with Crippen molar-refractivity contribution in [1.82, 2.24) is 0 Å². The molecular formula is C13H24FNO. The van der Waals surface area contributed by atoms with Crippen LogP contribution in [0.25, 0.3) is 0 Å². The molecule has 0 radical (unpaired) electrons. The van der Waals surface area contributed by atoms with Crippen molar-refractivity contribution in [1.29, 1.82) is 0 Å². The van der Waals surface area contributed by atoms with E-state index in [1.807, 2.05) is 19.9 Å². The number of halogens is 1. The van der Waals surface area contributed by atoms with Crippen LogP contribution in [-0.4, -0.2) is 6.36 Å². The van der Waals surface area contributed by atoms with E-state index in [4.69, 9.17) is 10.5 Å². The van der Waals surface area contributed by atoms with Crippen molar-refractivity contribution in [3.63, 3.8) is 0 Å². The SMILES string of the molecule is C=C(N)/C=C(\C=C/CCC)OC(C)F.CC. The number of ether oxygens (including phenoxy) is 1. The molecule has 0 heterocycles. The summed E-state index contributed by atoms with van der Waals surface area (Å²) in [4.78, 5) is 0. The summed E-state index contributed by atoms with van der Waals surface area (Å²) in [6.45, 7) is 10.9. The zero-order valence-corrected chi connectivity index (χ0v) is 10.8. The van der Waals surface area contributed by atoms with Crippen LogP contribution in [0, 0.1) is 0 Å². The number of nitrogens with two attached hydrogens (primary N) is 1. The standard InChI is InChI=1S/C11H18FNO.C2H6/c1-4-5-6-7-11(8-9(2)13)14-10(3)12;1-2/h6-8,10H,2,4-5,13H2,1,3H3;1-2H3/b7-6-,11-8+;. The first kappa shape index (κ1) is 17.2. The van der Waals surface area contributed by atoms with Gasteiger partial charge in [-0.2, -0.15) is 0 Å². The summed E-state index contributed by atoms with van der Waals surface area (Å²) in [5.41, 5.74) is 5.71. The minimum atomic E-state index is -1.34. The molecule has 0 spiro atoms. The normalized spacial score (nSPS) is 12.9. The zero-order chi connectivity index (χ0) is 13.0. The number of hydrogen-bond donors (Lipinski definition) is 1. The lowest BCUT2D eigenvalue weighted by Crippen LogP contribution is -2.01. The van der Waals surface area contributed by atoms with Crippen molar-refractivity contribution in [3.05, 3.63) is 36.3 Å². The van der Waals surface area contributed by atoms with Crippen LogP contribution < -0.4 is 5.73 Å². The summed E-state index contributed by atoms with van der Waals surface area (Å²) in [6.07, 6.45) is 5.75. The highest BCUT2D eigenvalue weighted by Crippen LogP contribution is 2.08. The highest BCUT2D eigenvalue weighted by atomic mass is 19.1. The van der Waals surface area contributed by atoms with Gasteiger partial charge in [0.15, 0.2) is 0 Å². The predicted octanol–water partition coefficient (Wildman–Crippen LogP) is 4.06. The third-order valence-electron chi connectivity index (χ3n) is 1.36. The van der Waals surface area contributed by atoms with E-state index in [1.54, 1.807) is 6.08 Å². The molecule has 0 aliphatic heterocycles. The van der Waals surface area contributed by atoms with Crippen molar-refractivity contribution in [3.8, 4) is 0 Å². The lowest BCUT2D eigenvalue weighted by atomic mass is 10.3. The molecule has 94 valence electrons. The second-order valence-corrected chi connectivity index (χ2v) is 2.97. The Morgan fingerprint density at radius 2 is 2.06 bits per heavy atom. The monoisotopic (exact) mass is 229 g/mol. The number of rotatable bonds is 6. The Balaban J connectivity index is 0. The summed E-state index contributed by atoms with van der Waals surface area (Å²) < 4.78 is 17.4. The van der Waals surface area contributed by atoms with Crippen LogP contribution in [-0.2, 0) is 4.74 Å². The predicted molar refractivity (Wildman–Crippen MR) is 68.5 cm³/mol. The minimum Gasteiger partial charge on any atom is -0.461 e. The van der Waals surface area contributed by atoms with Gasteiger partial charge in [-0.05, 0) is 12.5 Å². The molecule has 1 atom stereocenters. The molecule has 2 nitrogen and oxygen atoms in total. The average Bonchev–Trinajstić information content (AvgIpc) is 2.19. The van der Waals surface area contributed by atoms with Crippen molar-refractivity contribution in [2.75, 3.05) is 0 Å². The Labute approximate surface area is 98.7 Å². The van der Waals surface area contributed by atoms with Crippen LogP contribution in [0.2, 0.25) is 0 Å². The van der Waals surface area contributed by atoms with Gasteiger partial charge < -0.3 is 10.5 Å². The first-order chi connectivity index (χ1) is 7.56. The van der Waals surface area contributed by atoms with Gasteiger partial charge in [-0.1, -0.05) is 39.8 Å². The summed E-state index contributed by atoms with van der Waals surface area (Å²) in [6, 6.07) is 0. The fourth-order valence-electron chi connectivity index (χ4n) is 0.858. The molecule has 16 heavy (non-hydrogen) atoms. The molecular weight excluding hydrogens is 205 g/mol. The van der Waals surface area contributed by atoms with E-state index in [0.29, 0.717) is 11.5 Å². The zero-order valence-electron chi connectivity index (χ0n) is 10.8. The summed E-state index contributed by atoms with van der Waals surface area (Å²) >= 11 is 0. The first-order valence-corrected chi connectivity index (χ1v) is 5.69. The van der Waals surface area contributed by atoms with E-state index >= 15 is 0 Å². The van der Waals surface area contributed by atoms with Crippen molar-refractivity contribution >= 4 is 0 Å². The Hall–Kier alpha value is -1.25. The maximum atomic E-state index is 12.5. The summed E-state index contributed by atoms with van der Waals surface area (Å²) in [5, 5.41) is 0. The largest absolute Gasteiger partial charge is 0.461 e. The smallest absolute Gasteiger partial charge is 0.235 e. The van der Waals surface area contributed by atoms with Crippen LogP contribution in [0.1, 0.15) is 40.5 Å². The van der Waals surface area contributed by atoms with Gasteiger partial charge in [0.2, 0.25) is 6.36 Å². The van der Waals surface area contributed by atoms with Gasteiger partial charge in [0.25, 0.3) is 0 Å². The van der Waals surface area contributed by atoms with Crippen LogP contribution in [0.3, 0.4) is 0 Å². The molecule has 1 unspecified atom stereocenters. The Bertz CT molecular complexity index is 232. The van der Waals surface area contributed by atoms with E-state index in [-0.39, 0.29) is 0 Å². The van der Waals surface area contributed by atoms with E-state index in [1.165, 1.54) is 13.0 Å². The second-order valence-electron chi connectivity index (χ2n) is 2.97. The molecule has 0 bridgehead atoms. The van der Waals surface area contributed by atoms with Crippen LogP contribution in [0.4, 0.5) is 4.39 Å². The molecule has 2 N–H and O–H groups in total. The Kier molecular flexibility index (Phi) is 12.7. The fourth-order valence-corrected chi connectivity index (χ4v) is 0.858. The molecule has 0 aromatic rings. The fraction of sp³-hybridized carbons (Fsp3) is 0.538. The van der Waals surface area contributed by atoms with Gasteiger partial charge in [0, 0.05) is 18.7 Å². The van der Waals surface area contributed by atoms with E-state index in [0.717, 1.165) is 12.8 Å². The molecule has 0 aromatic carbocycles. The Morgan fingerprint density at radius 1 is 1.50 bits per heavy atom. The third-order valence-corrected chi connectivity index (χ3v) is 1.36.